The van der Waals surface area contributed by atoms with Crippen LogP contribution in [0.4, 0.5) is 0 Å². The second-order valence-corrected chi connectivity index (χ2v) is 6.83. The molecule has 4 rings (SSSR count). The Morgan fingerprint density at radius 2 is 1.66 bits per heavy atom. The molecule has 0 amide bonds. The summed E-state index contributed by atoms with van der Waals surface area (Å²) in [4.78, 5) is 25.2. The summed E-state index contributed by atoms with van der Waals surface area (Å²) >= 11 is 0. The Bertz CT molecular complexity index is 1230. The van der Waals surface area contributed by atoms with Gasteiger partial charge in [-0.15, -0.1) is 0 Å². The molecule has 1 heterocycles. The molecule has 0 radical (unpaired) electrons. The van der Waals surface area contributed by atoms with Crippen LogP contribution in [-0.4, -0.2) is 33.1 Å². The zero-order valence-electron chi connectivity index (χ0n) is 17.7. The lowest BCUT2D eigenvalue weighted by Gasteiger charge is -2.08. The third-order valence-electron chi connectivity index (χ3n) is 4.86. The number of ether oxygens (including phenoxy) is 5. The average Bonchev–Trinajstić information content (AvgIpc) is 3.13. The second kappa shape index (κ2) is 8.85. The van der Waals surface area contributed by atoms with Crippen molar-refractivity contribution in [1.82, 2.24) is 0 Å². The molecule has 1 aliphatic rings. The molecule has 7 nitrogen and oxygen atoms in total. The van der Waals surface area contributed by atoms with Crippen LogP contribution in [-0.2, 0) is 0 Å². The molecule has 0 saturated heterocycles. The number of carbonyl (C=O) groups is 2. The summed E-state index contributed by atoms with van der Waals surface area (Å²) in [6, 6.07) is 16.6. The van der Waals surface area contributed by atoms with Crippen LogP contribution in [0, 0.1) is 0 Å². The zero-order valence-corrected chi connectivity index (χ0v) is 17.7. The average molecular weight is 432 g/mol. The lowest BCUT2D eigenvalue weighted by Crippen LogP contribution is -2.08. The first-order valence-corrected chi connectivity index (χ1v) is 9.69. The largest absolute Gasteiger partial charge is 0.497 e. The van der Waals surface area contributed by atoms with Crippen LogP contribution in [0.15, 0.2) is 66.4 Å². The Morgan fingerprint density at radius 1 is 0.844 bits per heavy atom. The van der Waals surface area contributed by atoms with E-state index in [0.717, 1.165) is 0 Å². The molecule has 0 aliphatic carbocycles. The number of methoxy groups -OCH3 is 3. The number of esters is 1. The minimum absolute atomic E-state index is 0.156. The van der Waals surface area contributed by atoms with Crippen molar-refractivity contribution >= 4 is 17.8 Å². The predicted molar refractivity (Wildman–Crippen MR) is 117 cm³/mol. The summed E-state index contributed by atoms with van der Waals surface area (Å²) in [5.41, 5.74) is 1.44. The molecule has 7 heteroatoms. The van der Waals surface area contributed by atoms with Crippen LogP contribution in [0.5, 0.6) is 28.7 Å². The van der Waals surface area contributed by atoms with Crippen molar-refractivity contribution in [1.29, 1.82) is 0 Å². The monoisotopic (exact) mass is 432 g/mol. The van der Waals surface area contributed by atoms with Crippen LogP contribution in [0.25, 0.3) is 6.08 Å². The van der Waals surface area contributed by atoms with Crippen LogP contribution < -0.4 is 23.7 Å². The number of hydrogen-bond donors (Lipinski definition) is 0. The molecule has 0 unspecified atom stereocenters. The Morgan fingerprint density at radius 3 is 2.41 bits per heavy atom. The third-order valence-corrected chi connectivity index (χ3v) is 4.86. The first-order valence-electron chi connectivity index (χ1n) is 9.69. The fourth-order valence-electron chi connectivity index (χ4n) is 3.24. The van der Waals surface area contributed by atoms with Gasteiger partial charge in [0.2, 0.25) is 5.78 Å². The van der Waals surface area contributed by atoms with Crippen molar-refractivity contribution in [3.8, 4) is 28.7 Å². The highest BCUT2D eigenvalue weighted by molar-refractivity contribution is 6.14. The summed E-state index contributed by atoms with van der Waals surface area (Å²) in [6.45, 7) is 0. The highest BCUT2D eigenvalue weighted by Gasteiger charge is 2.28. The summed E-state index contributed by atoms with van der Waals surface area (Å²) in [5, 5.41) is 0. The Hall–Kier alpha value is -4.26. The van der Waals surface area contributed by atoms with Gasteiger partial charge in [0.1, 0.15) is 17.2 Å². The summed E-state index contributed by atoms with van der Waals surface area (Å²) in [6.07, 6.45) is 1.62. The molecule has 3 aromatic rings. The number of allylic oxidation sites excluding steroid dienone is 1. The highest BCUT2D eigenvalue weighted by Crippen LogP contribution is 2.36. The molecule has 3 aromatic carbocycles. The van der Waals surface area contributed by atoms with Crippen molar-refractivity contribution < 1.29 is 33.3 Å². The number of carbonyl (C=O) groups excluding carboxylic acids is 2. The summed E-state index contributed by atoms with van der Waals surface area (Å²) < 4.78 is 26.8. The van der Waals surface area contributed by atoms with E-state index in [1.165, 1.54) is 20.3 Å². The SMILES string of the molecule is COc1cccc(C(=O)Oc2ccc3c(c2)OC(=Cc2ccc(OC)c(OC)c2)C3=O)c1. The first-order chi connectivity index (χ1) is 15.5. The number of rotatable bonds is 6. The van der Waals surface area contributed by atoms with Crippen molar-refractivity contribution in [2.45, 2.75) is 0 Å². The molecule has 0 bridgehead atoms. The molecule has 32 heavy (non-hydrogen) atoms. The number of ketones is 1. The number of benzene rings is 3. The summed E-state index contributed by atoms with van der Waals surface area (Å²) in [5.74, 6) is 1.59. The maximum Gasteiger partial charge on any atom is 0.343 e. The minimum atomic E-state index is -0.547. The topological polar surface area (TPSA) is 80.3 Å². The van der Waals surface area contributed by atoms with Crippen molar-refractivity contribution in [2.24, 2.45) is 0 Å². The number of Topliss-reactive ketones (excluding diaryl/α,β-unsaturated/α-hetero) is 1. The molecule has 1 aliphatic heterocycles. The highest BCUT2D eigenvalue weighted by atomic mass is 16.5. The Labute approximate surface area is 184 Å². The lowest BCUT2D eigenvalue weighted by molar-refractivity contribution is 0.0734. The quantitative estimate of drug-likeness (QED) is 0.321. The molecule has 0 fully saturated rings. The van der Waals surface area contributed by atoms with E-state index < -0.39 is 5.97 Å². The normalized spacial score (nSPS) is 13.3. The molecule has 0 saturated carbocycles. The van der Waals surface area contributed by atoms with Gasteiger partial charge in [-0.2, -0.15) is 0 Å². The smallest absolute Gasteiger partial charge is 0.343 e. The predicted octanol–water partition coefficient (Wildman–Crippen LogP) is 4.55. The van der Waals surface area contributed by atoms with Gasteiger partial charge in [0.05, 0.1) is 32.5 Å². The van der Waals surface area contributed by atoms with E-state index in [1.807, 2.05) is 0 Å². The van der Waals surface area contributed by atoms with Gasteiger partial charge in [0.25, 0.3) is 0 Å². The van der Waals surface area contributed by atoms with Gasteiger partial charge < -0.3 is 23.7 Å². The fraction of sp³-hybridized carbons (Fsp3) is 0.120. The van der Waals surface area contributed by atoms with Gasteiger partial charge in [0, 0.05) is 6.07 Å². The fourth-order valence-corrected chi connectivity index (χ4v) is 3.24. The van der Waals surface area contributed by atoms with E-state index in [9.17, 15) is 9.59 Å². The van der Waals surface area contributed by atoms with Gasteiger partial charge in [-0.1, -0.05) is 12.1 Å². The van der Waals surface area contributed by atoms with Gasteiger partial charge >= 0.3 is 5.97 Å². The summed E-state index contributed by atoms with van der Waals surface area (Å²) in [7, 11) is 4.61. The van der Waals surface area contributed by atoms with Gasteiger partial charge in [0.15, 0.2) is 17.3 Å². The van der Waals surface area contributed by atoms with Crippen molar-refractivity contribution in [2.75, 3.05) is 21.3 Å². The second-order valence-electron chi connectivity index (χ2n) is 6.83. The van der Waals surface area contributed by atoms with E-state index in [1.54, 1.807) is 67.8 Å². The van der Waals surface area contributed by atoms with Crippen molar-refractivity contribution in [3.05, 3.63) is 83.1 Å². The maximum absolute atomic E-state index is 12.7. The third kappa shape index (κ3) is 4.13. The van der Waals surface area contributed by atoms with E-state index in [4.69, 9.17) is 23.7 Å². The number of fused-ring (bicyclic) bond motifs is 1. The first kappa shape index (κ1) is 21.0. The van der Waals surface area contributed by atoms with Gasteiger partial charge in [-0.05, 0) is 54.1 Å². The zero-order chi connectivity index (χ0) is 22.7. The molecular weight excluding hydrogens is 412 g/mol. The van der Waals surface area contributed by atoms with Crippen LogP contribution in [0.2, 0.25) is 0 Å². The molecule has 0 atom stereocenters. The minimum Gasteiger partial charge on any atom is -0.497 e. The maximum atomic E-state index is 12.7. The molecule has 162 valence electrons. The Kier molecular flexibility index (Phi) is 5.81. The van der Waals surface area contributed by atoms with Crippen LogP contribution in [0.1, 0.15) is 26.3 Å². The lowest BCUT2D eigenvalue weighted by atomic mass is 10.1. The van der Waals surface area contributed by atoms with E-state index in [0.29, 0.717) is 39.7 Å². The Balaban J connectivity index is 1.54. The molecule has 0 aromatic heterocycles. The number of hydrogen-bond acceptors (Lipinski definition) is 7. The van der Waals surface area contributed by atoms with Crippen molar-refractivity contribution in [3.63, 3.8) is 0 Å². The van der Waals surface area contributed by atoms with E-state index in [-0.39, 0.29) is 17.3 Å². The molecular formula is C25H20O7. The molecule has 0 N–H and O–H groups in total. The van der Waals surface area contributed by atoms with Gasteiger partial charge in [-0.25, -0.2) is 4.79 Å². The van der Waals surface area contributed by atoms with E-state index in [2.05, 4.69) is 0 Å². The molecule has 0 spiro atoms. The van der Waals surface area contributed by atoms with Gasteiger partial charge in [-0.3, -0.25) is 4.79 Å². The van der Waals surface area contributed by atoms with Crippen LogP contribution >= 0.6 is 0 Å². The van der Waals surface area contributed by atoms with E-state index >= 15 is 0 Å². The van der Waals surface area contributed by atoms with Crippen LogP contribution in [0.3, 0.4) is 0 Å². The standard InChI is InChI=1S/C25H20O7/c1-28-17-6-4-5-16(13-17)25(27)31-18-8-9-19-21(14-18)32-23(24(19)26)12-15-7-10-20(29-2)22(11-15)30-3/h4-14H,1-3H3.